The number of halogens is 1. The van der Waals surface area contributed by atoms with Crippen LogP contribution in [0.1, 0.15) is 12.8 Å². The van der Waals surface area contributed by atoms with E-state index in [-0.39, 0.29) is 6.29 Å². The van der Waals surface area contributed by atoms with Crippen LogP contribution in [0.4, 0.5) is 0 Å². The maximum atomic E-state index is 11.5. The molecule has 17 heavy (non-hydrogen) atoms. The van der Waals surface area contributed by atoms with Gasteiger partial charge in [0.25, 0.3) is 5.56 Å². The first-order chi connectivity index (χ1) is 8.16. The molecule has 0 bridgehead atoms. The molecule has 7 heteroatoms. The third-order valence-corrected chi connectivity index (χ3v) is 3.03. The average molecular weight is 305 g/mol. The van der Waals surface area contributed by atoms with Gasteiger partial charge in [-0.3, -0.25) is 14.3 Å². The Labute approximate surface area is 106 Å². The third kappa shape index (κ3) is 3.27. The molecule has 2 rings (SSSR count). The molecule has 1 aliphatic heterocycles. The minimum absolute atomic E-state index is 0.263. The zero-order valence-electron chi connectivity index (χ0n) is 9.15. The highest BCUT2D eigenvalue weighted by Crippen LogP contribution is 2.09. The van der Waals surface area contributed by atoms with Crippen LogP contribution in [0.25, 0.3) is 0 Å². The summed E-state index contributed by atoms with van der Waals surface area (Å²) in [5.41, 5.74) is -0.842. The monoisotopic (exact) mass is 304 g/mol. The topological polar surface area (TPSA) is 73.3 Å². The van der Waals surface area contributed by atoms with Gasteiger partial charge in [-0.1, -0.05) is 0 Å². The second-order valence-corrected chi connectivity index (χ2v) is 4.60. The molecule has 0 atom stereocenters. The molecule has 0 aromatic carbocycles. The first-order valence-corrected chi connectivity index (χ1v) is 6.18. The average Bonchev–Trinajstić information content (AvgIpc) is 2.33. The summed E-state index contributed by atoms with van der Waals surface area (Å²) in [6.07, 6.45) is 2.70. The van der Waals surface area contributed by atoms with Crippen molar-refractivity contribution in [3.05, 3.63) is 31.5 Å². The summed E-state index contributed by atoms with van der Waals surface area (Å²) in [4.78, 5) is 24.8. The van der Waals surface area contributed by atoms with Crippen LogP contribution in [0, 0.1) is 0 Å². The SMILES string of the molecule is O=c1[nH]c(=O)n(CCC2OCCCO2)cc1Br. The van der Waals surface area contributed by atoms with Crippen molar-refractivity contribution in [2.75, 3.05) is 13.2 Å². The number of H-pyrrole nitrogens is 1. The maximum Gasteiger partial charge on any atom is 0.328 e. The van der Waals surface area contributed by atoms with Gasteiger partial charge in [-0.15, -0.1) is 0 Å². The van der Waals surface area contributed by atoms with Gasteiger partial charge >= 0.3 is 5.69 Å². The van der Waals surface area contributed by atoms with Crippen LogP contribution in [0.3, 0.4) is 0 Å². The molecule has 0 amide bonds. The number of hydrogen-bond acceptors (Lipinski definition) is 4. The maximum absolute atomic E-state index is 11.5. The van der Waals surface area contributed by atoms with Gasteiger partial charge in [-0.25, -0.2) is 4.79 Å². The summed E-state index contributed by atoms with van der Waals surface area (Å²) >= 11 is 3.08. The molecule has 0 unspecified atom stereocenters. The largest absolute Gasteiger partial charge is 0.353 e. The lowest BCUT2D eigenvalue weighted by atomic mass is 10.3. The number of rotatable bonds is 3. The van der Waals surface area contributed by atoms with Crippen molar-refractivity contribution in [1.82, 2.24) is 9.55 Å². The highest BCUT2D eigenvalue weighted by atomic mass is 79.9. The molecule has 1 aliphatic rings. The van der Waals surface area contributed by atoms with Crippen molar-refractivity contribution in [1.29, 1.82) is 0 Å². The fourth-order valence-corrected chi connectivity index (χ4v) is 1.94. The van der Waals surface area contributed by atoms with E-state index in [2.05, 4.69) is 20.9 Å². The molecule has 0 radical (unpaired) electrons. The lowest BCUT2D eigenvalue weighted by molar-refractivity contribution is -0.182. The van der Waals surface area contributed by atoms with Gasteiger partial charge in [-0.2, -0.15) is 0 Å². The van der Waals surface area contributed by atoms with Crippen LogP contribution >= 0.6 is 15.9 Å². The predicted molar refractivity (Wildman–Crippen MR) is 63.9 cm³/mol. The van der Waals surface area contributed by atoms with E-state index in [0.717, 1.165) is 6.42 Å². The minimum Gasteiger partial charge on any atom is -0.353 e. The summed E-state index contributed by atoms with van der Waals surface area (Å²) in [6.45, 7) is 1.82. The summed E-state index contributed by atoms with van der Waals surface area (Å²) in [7, 11) is 0. The van der Waals surface area contributed by atoms with Gasteiger partial charge < -0.3 is 9.47 Å². The van der Waals surface area contributed by atoms with Crippen LogP contribution in [0.15, 0.2) is 20.3 Å². The van der Waals surface area contributed by atoms with Crippen molar-refractivity contribution in [2.24, 2.45) is 0 Å². The zero-order chi connectivity index (χ0) is 12.3. The van der Waals surface area contributed by atoms with E-state index in [1.165, 1.54) is 10.8 Å². The van der Waals surface area contributed by atoms with Gasteiger partial charge in [-0.05, 0) is 22.4 Å². The Morgan fingerprint density at radius 2 is 2.12 bits per heavy atom. The fraction of sp³-hybridized carbons (Fsp3) is 0.600. The molecular weight excluding hydrogens is 292 g/mol. The van der Waals surface area contributed by atoms with Crippen LogP contribution < -0.4 is 11.2 Å². The molecular formula is C10H13BrN2O4. The summed E-state index contributed by atoms with van der Waals surface area (Å²) in [5.74, 6) is 0. The van der Waals surface area contributed by atoms with Crippen molar-refractivity contribution in [2.45, 2.75) is 25.7 Å². The number of aromatic nitrogens is 2. The standard InChI is InChI=1S/C10H13BrN2O4/c11-7-6-13(10(15)12-9(7)14)3-2-8-16-4-1-5-17-8/h6,8H,1-5H2,(H,12,14,15). The number of aromatic amines is 1. The molecule has 1 aromatic rings. The molecule has 1 saturated heterocycles. The second-order valence-electron chi connectivity index (χ2n) is 3.74. The molecule has 0 saturated carbocycles. The van der Waals surface area contributed by atoms with Crippen molar-refractivity contribution in [3.8, 4) is 0 Å². The van der Waals surface area contributed by atoms with Gasteiger partial charge in [0.15, 0.2) is 6.29 Å². The summed E-state index contributed by atoms with van der Waals surface area (Å²) < 4.78 is 12.5. The fourth-order valence-electron chi connectivity index (χ4n) is 1.60. The van der Waals surface area contributed by atoms with E-state index in [9.17, 15) is 9.59 Å². The Balaban J connectivity index is 2.01. The Morgan fingerprint density at radius 3 is 2.82 bits per heavy atom. The van der Waals surface area contributed by atoms with Crippen molar-refractivity contribution in [3.63, 3.8) is 0 Å². The van der Waals surface area contributed by atoms with Crippen molar-refractivity contribution < 1.29 is 9.47 Å². The quantitative estimate of drug-likeness (QED) is 0.880. The lowest BCUT2D eigenvalue weighted by Crippen LogP contribution is -2.32. The van der Waals surface area contributed by atoms with E-state index < -0.39 is 11.2 Å². The van der Waals surface area contributed by atoms with Crippen LogP contribution in [-0.2, 0) is 16.0 Å². The van der Waals surface area contributed by atoms with Gasteiger partial charge in [0.05, 0.1) is 17.7 Å². The van der Waals surface area contributed by atoms with Gasteiger partial charge in [0.1, 0.15) is 0 Å². The van der Waals surface area contributed by atoms with Gasteiger partial charge in [0.2, 0.25) is 0 Å². The van der Waals surface area contributed by atoms with E-state index in [1.54, 1.807) is 0 Å². The third-order valence-electron chi connectivity index (χ3n) is 2.47. The Kier molecular flexibility index (Phi) is 4.14. The van der Waals surface area contributed by atoms with E-state index in [0.29, 0.717) is 30.7 Å². The van der Waals surface area contributed by atoms with Crippen LogP contribution in [0.2, 0.25) is 0 Å². The number of nitrogens with one attached hydrogen (secondary N) is 1. The first kappa shape index (κ1) is 12.5. The predicted octanol–water partition coefficient (Wildman–Crippen LogP) is 0.452. The van der Waals surface area contributed by atoms with Crippen molar-refractivity contribution >= 4 is 15.9 Å². The Morgan fingerprint density at radius 1 is 1.41 bits per heavy atom. The summed E-state index contributed by atoms with van der Waals surface area (Å²) in [6, 6.07) is 0. The Bertz CT molecular complexity index is 490. The van der Waals surface area contributed by atoms with Crippen LogP contribution in [0.5, 0.6) is 0 Å². The lowest BCUT2D eigenvalue weighted by Gasteiger charge is -2.23. The van der Waals surface area contributed by atoms with Gasteiger partial charge in [0, 0.05) is 19.2 Å². The zero-order valence-corrected chi connectivity index (χ0v) is 10.7. The number of hydrogen-bond donors (Lipinski definition) is 1. The molecule has 0 aliphatic carbocycles. The number of nitrogens with zero attached hydrogens (tertiary/aromatic N) is 1. The normalized spacial score (nSPS) is 17.2. The Hall–Kier alpha value is -0.920. The smallest absolute Gasteiger partial charge is 0.328 e. The molecule has 2 heterocycles. The number of aryl methyl sites for hydroxylation is 1. The highest BCUT2D eigenvalue weighted by Gasteiger charge is 2.14. The molecule has 1 N–H and O–H groups in total. The second kappa shape index (κ2) is 5.61. The van der Waals surface area contributed by atoms with E-state index >= 15 is 0 Å². The molecule has 6 nitrogen and oxygen atoms in total. The molecule has 0 spiro atoms. The molecule has 1 aromatic heterocycles. The highest BCUT2D eigenvalue weighted by molar-refractivity contribution is 9.10. The van der Waals surface area contributed by atoms with E-state index in [4.69, 9.17) is 9.47 Å². The van der Waals surface area contributed by atoms with E-state index in [1.807, 2.05) is 0 Å². The first-order valence-electron chi connectivity index (χ1n) is 5.39. The molecule has 94 valence electrons. The summed E-state index contributed by atoms with van der Waals surface area (Å²) in [5, 5.41) is 0. The minimum atomic E-state index is -0.422. The number of ether oxygens (including phenoxy) is 2. The van der Waals surface area contributed by atoms with Crippen LogP contribution in [-0.4, -0.2) is 29.1 Å². The molecule has 1 fully saturated rings.